The number of halogens is 6. The van der Waals surface area contributed by atoms with Crippen molar-refractivity contribution >= 4 is 11.7 Å². The summed E-state index contributed by atoms with van der Waals surface area (Å²) >= 11 is 0. The zero-order valence-electron chi connectivity index (χ0n) is 21.8. The van der Waals surface area contributed by atoms with Crippen LogP contribution in [0.25, 0.3) is 16.9 Å². The molecule has 0 radical (unpaired) electrons. The molecule has 15 heteroatoms. The molecule has 9 nitrogen and oxygen atoms in total. The maximum absolute atomic E-state index is 13.4. The minimum absolute atomic E-state index is 0.0819. The van der Waals surface area contributed by atoms with E-state index in [1.54, 1.807) is 35.2 Å². The van der Waals surface area contributed by atoms with Gasteiger partial charge in [-0.1, -0.05) is 0 Å². The third-order valence-electron chi connectivity index (χ3n) is 6.12. The number of urea groups is 1. The molecule has 3 aromatic rings. The van der Waals surface area contributed by atoms with Crippen LogP contribution in [0.5, 0.6) is 11.5 Å². The summed E-state index contributed by atoms with van der Waals surface area (Å²) in [5.74, 6) is 0.440. The lowest BCUT2D eigenvalue weighted by Gasteiger charge is -2.32. The van der Waals surface area contributed by atoms with E-state index in [-0.39, 0.29) is 23.7 Å². The maximum Gasteiger partial charge on any atom is 0.408 e. The topological polar surface area (TPSA) is 93.9 Å². The molecular weight excluding hydrogens is 534 g/mol. The summed E-state index contributed by atoms with van der Waals surface area (Å²) in [5.41, 5.74) is 2.19. The second kappa shape index (κ2) is 11.5. The van der Waals surface area contributed by atoms with Gasteiger partial charge in [-0.3, -0.25) is 4.98 Å². The predicted molar refractivity (Wildman–Crippen MR) is 129 cm³/mol. The number of nitrogens with zero attached hydrogens (tertiary/aromatic N) is 5. The highest BCUT2D eigenvalue weighted by Gasteiger charge is 2.44. The average Bonchev–Trinajstić information content (AvgIpc) is 3.34. The van der Waals surface area contributed by atoms with Gasteiger partial charge in [0, 0.05) is 31.6 Å². The van der Waals surface area contributed by atoms with Gasteiger partial charge in [0.2, 0.25) is 0 Å². The van der Waals surface area contributed by atoms with E-state index in [1.165, 1.54) is 34.3 Å². The summed E-state index contributed by atoms with van der Waals surface area (Å²) < 4.78 is 91.0. The van der Waals surface area contributed by atoms with Gasteiger partial charge in [-0.15, -0.1) is 0 Å². The first-order valence-electron chi connectivity index (χ1n) is 11.8. The van der Waals surface area contributed by atoms with Crippen LogP contribution < -0.4 is 14.8 Å². The number of fused-ring (bicyclic) bond motifs is 1. The molecule has 0 saturated carbocycles. The van der Waals surface area contributed by atoms with E-state index >= 15 is 0 Å². The molecule has 0 aliphatic heterocycles. The second-order valence-electron chi connectivity index (χ2n) is 8.65. The number of imidazole rings is 1. The highest BCUT2D eigenvalue weighted by molar-refractivity contribution is 5.78. The van der Waals surface area contributed by atoms with Crippen LogP contribution in [0.1, 0.15) is 44.1 Å². The first kappa shape index (κ1) is 29.8. The Morgan fingerprint density at radius 3 is 2.41 bits per heavy atom. The molecule has 3 rings (SSSR count). The molecule has 214 valence electrons. The number of carbonyl (C=O) groups excluding carboxylic acids is 1. The van der Waals surface area contributed by atoms with Crippen molar-refractivity contribution in [3.05, 3.63) is 36.2 Å². The van der Waals surface area contributed by atoms with Crippen molar-refractivity contribution in [1.82, 2.24) is 29.6 Å². The Morgan fingerprint density at radius 1 is 1.15 bits per heavy atom. The Morgan fingerprint density at radius 2 is 1.85 bits per heavy atom. The fourth-order valence-corrected chi connectivity index (χ4v) is 4.20. The minimum Gasteiger partial charge on any atom is -0.494 e. The van der Waals surface area contributed by atoms with Crippen LogP contribution in [0.2, 0.25) is 0 Å². The first-order chi connectivity index (χ1) is 18.2. The molecule has 0 saturated heterocycles. The van der Waals surface area contributed by atoms with Crippen LogP contribution in [0.15, 0.2) is 24.8 Å². The summed E-state index contributed by atoms with van der Waals surface area (Å²) in [6, 6.07) is -4.85. The van der Waals surface area contributed by atoms with Crippen molar-refractivity contribution in [1.29, 1.82) is 0 Å². The molecule has 1 N–H and O–H groups in total. The summed E-state index contributed by atoms with van der Waals surface area (Å²) in [4.78, 5) is 27.1. The molecule has 3 heterocycles. The number of methoxy groups -OCH3 is 2. The number of nitrogens with one attached hydrogen (secondary N) is 1. The van der Waals surface area contributed by atoms with Gasteiger partial charge in [-0.2, -0.15) is 26.3 Å². The van der Waals surface area contributed by atoms with Crippen molar-refractivity contribution in [2.45, 2.75) is 58.0 Å². The Kier molecular flexibility index (Phi) is 8.80. The monoisotopic (exact) mass is 562 g/mol. The van der Waals surface area contributed by atoms with E-state index in [0.29, 0.717) is 22.6 Å². The zero-order valence-corrected chi connectivity index (χ0v) is 21.8. The molecule has 0 aromatic carbocycles. The molecule has 2 unspecified atom stereocenters. The normalized spacial score (nSPS) is 13.7. The number of amides is 2. The fourth-order valence-electron chi connectivity index (χ4n) is 4.20. The zero-order chi connectivity index (χ0) is 29.1. The molecule has 0 fully saturated rings. The van der Waals surface area contributed by atoms with E-state index in [0.717, 1.165) is 4.90 Å². The number of hydrogen-bond donors (Lipinski definition) is 1. The van der Waals surface area contributed by atoms with Crippen molar-refractivity contribution in [3.8, 4) is 22.8 Å². The largest absolute Gasteiger partial charge is 0.494 e. The third-order valence-corrected chi connectivity index (χ3v) is 6.12. The summed E-state index contributed by atoms with van der Waals surface area (Å²) in [7, 11) is 2.77. The molecular formula is C24H28F6N6O3. The summed E-state index contributed by atoms with van der Waals surface area (Å²) in [5, 5.41) is 1.71. The number of ether oxygens (including phenoxy) is 2. The highest BCUT2D eigenvalue weighted by Crippen LogP contribution is 2.42. The van der Waals surface area contributed by atoms with Crippen LogP contribution in [0, 0.1) is 6.92 Å². The Labute approximate surface area is 220 Å². The second-order valence-corrected chi connectivity index (χ2v) is 8.65. The van der Waals surface area contributed by atoms with Gasteiger partial charge in [0.1, 0.15) is 17.5 Å². The lowest BCUT2D eigenvalue weighted by Crippen LogP contribution is -2.51. The van der Waals surface area contributed by atoms with E-state index in [9.17, 15) is 31.1 Å². The summed E-state index contributed by atoms with van der Waals surface area (Å²) in [6.45, 7) is 4.71. The quantitative estimate of drug-likeness (QED) is 0.347. The van der Waals surface area contributed by atoms with Gasteiger partial charge >= 0.3 is 18.4 Å². The smallest absolute Gasteiger partial charge is 0.408 e. The van der Waals surface area contributed by atoms with Gasteiger partial charge in [-0.05, 0) is 27.2 Å². The number of aryl methyl sites for hydroxylation is 1. The van der Waals surface area contributed by atoms with Gasteiger partial charge in [0.05, 0.1) is 43.4 Å². The molecule has 0 aliphatic rings. The lowest BCUT2D eigenvalue weighted by atomic mass is 10.0. The average molecular weight is 563 g/mol. The predicted octanol–water partition coefficient (Wildman–Crippen LogP) is 5.48. The molecule has 2 atom stereocenters. The summed E-state index contributed by atoms with van der Waals surface area (Å²) in [6.07, 6.45) is -6.57. The van der Waals surface area contributed by atoms with Gasteiger partial charge in [-0.25, -0.2) is 14.8 Å². The number of rotatable bonds is 9. The van der Waals surface area contributed by atoms with Crippen LogP contribution in [-0.4, -0.2) is 69.4 Å². The highest BCUT2D eigenvalue weighted by atomic mass is 19.4. The third kappa shape index (κ3) is 6.63. The van der Waals surface area contributed by atoms with E-state index in [2.05, 4.69) is 15.0 Å². The van der Waals surface area contributed by atoms with E-state index in [4.69, 9.17) is 9.47 Å². The van der Waals surface area contributed by atoms with Crippen LogP contribution >= 0.6 is 0 Å². The first-order valence-corrected chi connectivity index (χ1v) is 11.8. The number of aromatic nitrogens is 4. The van der Waals surface area contributed by atoms with Gasteiger partial charge < -0.3 is 24.1 Å². The van der Waals surface area contributed by atoms with Crippen molar-refractivity contribution in [2.24, 2.45) is 0 Å². The van der Waals surface area contributed by atoms with E-state index < -0.39 is 43.3 Å². The van der Waals surface area contributed by atoms with Gasteiger partial charge in [0.15, 0.2) is 11.4 Å². The lowest BCUT2D eigenvalue weighted by molar-refractivity contribution is -0.171. The molecule has 0 spiro atoms. The number of alkyl halides is 6. The van der Waals surface area contributed by atoms with E-state index in [1.807, 2.05) is 0 Å². The maximum atomic E-state index is 13.4. The van der Waals surface area contributed by atoms with Crippen LogP contribution in [0.3, 0.4) is 0 Å². The van der Waals surface area contributed by atoms with Crippen molar-refractivity contribution < 1.29 is 40.6 Å². The molecule has 0 bridgehead atoms. The number of pyridine rings is 1. The van der Waals surface area contributed by atoms with Crippen LogP contribution in [0.4, 0.5) is 31.1 Å². The molecule has 0 aliphatic carbocycles. The van der Waals surface area contributed by atoms with Crippen molar-refractivity contribution in [3.63, 3.8) is 0 Å². The number of hydrogen-bond acceptors (Lipinski definition) is 6. The molecule has 3 aromatic heterocycles. The fraction of sp³-hybridized carbons (Fsp3) is 0.500. The SMILES string of the molecule is CCN(C(=O)NC(CCC(F)(F)F)C(F)(F)F)C(C)c1ncc(OC)c(-c2cn3ccnc3c(C)n2)c1OC. The Hall–Kier alpha value is -3.78. The number of carbonyl (C=O) groups is 1. The standard InChI is InChI=1S/C24H28F6N6O3/c1-6-36(22(37)34-17(24(28,29)30)7-8-23(25,26)27)14(3)19-20(39-5)18(16(38-4)11-32-19)15-12-35-10-9-31-21(35)13(2)33-15/h9-12,14,17H,6-8H2,1-5H3,(H,34,37). The Balaban J connectivity index is 2.01. The van der Waals surface area contributed by atoms with Crippen LogP contribution in [-0.2, 0) is 0 Å². The minimum atomic E-state index is -5.08. The molecule has 2 amide bonds. The Bertz CT molecular complexity index is 1310. The molecule has 39 heavy (non-hydrogen) atoms. The van der Waals surface area contributed by atoms with Gasteiger partial charge in [0.25, 0.3) is 0 Å². The van der Waals surface area contributed by atoms with Crippen molar-refractivity contribution in [2.75, 3.05) is 20.8 Å².